The van der Waals surface area contributed by atoms with Gasteiger partial charge in [-0.05, 0) is 25.0 Å². The fourth-order valence-electron chi connectivity index (χ4n) is 4.47. The topological polar surface area (TPSA) is 84.0 Å². The zero-order valence-corrected chi connectivity index (χ0v) is 16.2. The molecule has 152 valence electrons. The molecule has 1 atom stereocenters. The molecule has 2 heterocycles. The molecular weight excluding hydrogens is 384 g/mol. The summed E-state index contributed by atoms with van der Waals surface area (Å²) in [6.45, 7) is -0.443. The van der Waals surface area contributed by atoms with E-state index in [0.29, 0.717) is 16.8 Å². The maximum absolute atomic E-state index is 13.4. The van der Waals surface area contributed by atoms with Crippen LogP contribution in [0, 0.1) is 0 Å². The number of hydrogen-bond acceptors (Lipinski definition) is 5. The van der Waals surface area contributed by atoms with Crippen molar-refractivity contribution in [2.75, 3.05) is 11.5 Å². The van der Waals surface area contributed by atoms with Crippen LogP contribution in [0.25, 0.3) is 0 Å². The van der Waals surface area contributed by atoms with Crippen molar-refractivity contribution in [3.05, 3.63) is 65.7 Å². The monoisotopic (exact) mass is 404 g/mol. The van der Waals surface area contributed by atoms with E-state index in [1.54, 1.807) is 54.6 Å². The largest absolute Gasteiger partial charge is 0.454 e. The standard InChI is InChI=1S/C23H20N2O5/c26-19(15-6-2-1-3-7-15)14-30-22(29)23-13-12-20(27)25(23)18-9-5-4-8-17(18)21(28)24(23)16-10-11-16/h1-9,16H,10-14H2/t23-/m1/s1. The fraction of sp³-hybridized carbons (Fsp3) is 0.304. The van der Waals surface area contributed by atoms with Crippen LogP contribution < -0.4 is 4.90 Å². The molecule has 2 amide bonds. The summed E-state index contributed by atoms with van der Waals surface area (Å²) in [5.41, 5.74) is -0.261. The van der Waals surface area contributed by atoms with E-state index < -0.39 is 18.2 Å². The molecule has 2 aromatic carbocycles. The highest BCUT2D eigenvalue weighted by Crippen LogP contribution is 2.49. The number of ketones is 1. The molecule has 1 aliphatic carbocycles. The third kappa shape index (κ3) is 2.65. The van der Waals surface area contributed by atoms with Crippen molar-refractivity contribution in [3.63, 3.8) is 0 Å². The molecular formula is C23H20N2O5. The Morgan fingerprint density at radius 2 is 1.70 bits per heavy atom. The van der Waals surface area contributed by atoms with E-state index >= 15 is 0 Å². The number of anilines is 1. The summed E-state index contributed by atoms with van der Waals surface area (Å²) < 4.78 is 5.45. The second-order valence-corrected chi connectivity index (χ2v) is 7.83. The highest BCUT2D eigenvalue weighted by atomic mass is 16.5. The lowest BCUT2D eigenvalue weighted by molar-refractivity contribution is -0.156. The average Bonchev–Trinajstić information content (AvgIpc) is 3.55. The van der Waals surface area contributed by atoms with Gasteiger partial charge in [0.25, 0.3) is 5.91 Å². The van der Waals surface area contributed by atoms with Crippen molar-refractivity contribution in [1.82, 2.24) is 4.90 Å². The molecule has 3 aliphatic rings. The average molecular weight is 404 g/mol. The van der Waals surface area contributed by atoms with Gasteiger partial charge in [0.15, 0.2) is 12.4 Å². The summed E-state index contributed by atoms with van der Waals surface area (Å²) in [5.74, 6) is -1.57. The summed E-state index contributed by atoms with van der Waals surface area (Å²) >= 11 is 0. The molecule has 0 aromatic heterocycles. The van der Waals surface area contributed by atoms with Crippen LogP contribution in [0.2, 0.25) is 0 Å². The van der Waals surface area contributed by atoms with Gasteiger partial charge in [-0.3, -0.25) is 19.3 Å². The van der Waals surface area contributed by atoms with Crippen molar-refractivity contribution in [2.45, 2.75) is 37.4 Å². The number of carbonyl (C=O) groups excluding carboxylic acids is 4. The van der Waals surface area contributed by atoms with E-state index in [9.17, 15) is 19.2 Å². The van der Waals surface area contributed by atoms with E-state index in [-0.39, 0.29) is 36.5 Å². The zero-order chi connectivity index (χ0) is 20.9. The van der Waals surface area contributed by atoms with Crippen LogP contribution in [-0.2, 0) is 14.3 Å². The summed E-state index contributed by atoms with van der Waals surface area (Å²) in [6.07, 6.45) is 1.83. The highest BCUT2D eigenvalue weighted by Gasteiger charge is 2.64. The van der Waals surface area contributed by atoms with Crippen LogP contribution >= 0.6 is 0 Å². The molecule has 2 fully saturated rings. The van der Waals surface area contributed by atoms with Crippen molar-refractivity contribution < 1.29 is 23.9 Å². The smallest absolute Gasteiger partial charge is 0.354 e. The van der Waals surface area contributed by atoms with Crippen LogP contribution in [0.5, 0.6) is 0 Å². The van der Waals surface area contributed by atoms with Gasteiger partial charge < -0.3 is 9.64 Å². The molecule has 30 heavy (non-hydrogen) atoms. The Bertz CT molecular complexity index is 1060. The van der Waals surface area contributed by atoms with E-state index in [1.165, 1.54) is 9.80 Å². The van der Waals surface area contributed by atoms with Gasteiger partial charge in [-0.25, -0.2) is 4.79 Å². The number of para-hydroxylation sites is 1. The summed E-state index contributed by atoms with van der Waals surface area (Å²) in [6, 6.07) is 15.3. The number of carbonyl (C=O) groups is 4. The Balaban J connectivity index is 1.51. The lowest BCUT2D eigenvalue weighted by atomic mass is 9.96. The van der Waals surface area contributed by atoms with Crippen LogP contribution in [0.15, 0.2) is 54.6 Å². The Morgan fingerprint density at radius 1 is 1.00 bits per heavy atom. The number of nitrogens with zero attached hydrogens (tertiary/aromatic N) is 2. The molecule has 0 radical (unpaired) electrons. The number of rotatable bonds is 5. The number of benzene rings is 2. The molecule has 0 spiro atoms. The summed E-state index contributed by atoms with van der Waals surface area (Å²) in [4.78, 5) is 55.0. The van der Waals surface area contributed by atoms with Gasteiger partial charge in [-0.1, -0.05) is 42.5 Å². The Labute approximate surface area is 173 Å². The third-order valence-corrected chi connectivity index (χ3v) is 5.97. The first-order valence-corrected chi connectivity index (χ1v) is 10.1. The van der Waals surface area contributed by atoms with Gasteiger partial charge in [0, 0.05) is 24.4 Å². The number of ether oxygens (including phenoxy) is 1. The predicted octanol–water partition coefficient (Wildman–Crippen LogP) is 2.55. The minimum Gasteiger partial charge on any atom is -0.454 e. The van der Waals surface area contributed by atoms with E-state index in [4.69, 9.17) is 4.74 Å². The van der Waals surface area contributed by atoms with Gasteiger partial charge >= 0.3 is 5.97 Å². The van der Waals surface area contributed by atoms with Crippen molar-refractivity contribution in [1.29, 1.82) is 0 Å². The first-order chi connectivity index (χ1) is 14.5. The van der Waals surface area contributed by atoms with Crippen LogP contribution in [0.4, 0.5) is 5.69 Å². The third-order valence-electron chi connectivity index (χ3n) is 5.97. The normalized spacial score (nSPS) is 22.5. The van der Waals surface area contributed by atoms with Crippen molar-refractivity contribution in [3.8, 4) is 0 Å². The van der Waals surface area contributed by atoms with Crippen LogP contribution in [0.1, 0.15) is 46.4 Å². The lowest BCUT2D eigenvalue weighted by Crippen LogP contribution is -2.69. The van der Waals surface area contributed by atoms with Gasteiger partial charge in [0.2, 0.25) is 11.6 Å². The SMILES string of the molecule is O=C(COC(=O)[C@@]12CCC(=O)N1c1ccccc1C(=O)N2C1CC1)c1ccccc1. The first-order valence-electron chi connectivity index (χ1n) is 10.1. The number of amides is 2. The minimum absolute atomic E-state index is 0.114. The quantitative estimate of drug-likeness (QED) is 0.565. The van der Waals surface area contributed by atoms with Crippen molar-refractivity contribution >= 4 is 29.3 Å². The first kappa shape index (κ1) is 18.5. The molecule has 0 bridgehead atoms. The molecule has 1 saturated heterocycles. The van der Waals surface area contributed by atoms with Gasteiger partial charge in [0.1, 0.15) is 0 Å². The second-order valence-electron chi connectivity index (χ2n) is 7.83. The van der Waals surface area contributed by atoms with Crippen molar-refractivity contribution in [2.24, 2.45) is 0 Å². The summed E-state index contributed by atoms with van der Waals surface area (Å²) in [5, 5.41) is 0. The Kier molecular flexibility index (Phi) is 4.20. The van der Waals surface area contributed by atoms with Gasteiger partial charge in [0.05, 0.1) is 11.3 Å². The molecule has 7 heteroatoms. The second kappa shape index (κ2) is 6.79. The lowest BCUT2D eigenvalue weighted by Gasteiger charge is -2.48. The predicted molar refractivity (Wildman–Crippen MR) is 107 cm³/mol. The maximum atomic E-state index is 13.4. The molecule has 1 saturated carbocycles. The molecule has 0 unspecified atom stereocenters. The summed E-state index contributed by atoms with van der Waals surface area (Å²) in [7, 11) is 0. The van der Waals surface area contributed by atoms with Gasteiger partial charge in [-0.15, -0.1) is 0 Å². The minimum atomic E-state index is -1.53. The van der Waals surface area contributed by atoms with Crippen LogP contribution in [-0.4, -0.2) is 46.8 Å². The Hall–Kier alpha value is -3.48. The number of hydrogen-bond donors (Lipinski definition) is 0. The van der Waals surface area contributed by atoms with E-state index in [1.807, 2.05) is 0 Å². The van der Waals surface area contributed by atoms with E-state index in [2.05, 4.69) is 0 Å². The number of esters is 1. The maximum Gasteiger partial charge on any atom is 0.354 e. The molecule has 2 aromatic rings. The molecule has 7 nitrogen and oxygen atoms in total. The highest BCUT2D eigenvalue weighted by molar-refractivity contribution is 6.16. The molecule has 2 aliphatic heterocycles. The molecule has 5 rings (SSSR count). The molecule has 0 N–H and O–H groups in total. The van der Waals surface area contributed by atoms with Crippen LogP contribution in [0.3, 0.4) is 0 Å². The number of fused-ring (bicyclic) bond motifs is 3. The zero-order valence-electron chi connectivity index (χ0n) is 16.2. The van der Waals surface area contributed by atoms with E-state index in [0.717, 1.165) is 12.8 Å². The van der Waals surface area contributed by atoms with Gasteiger partial charge in [-0.2, -0.15) is 0 Å². The Morgan fingerprint density at radius 3 is 2.43 bits per heavy atom. The number of Topliss-reactive ketones (excluding diaryl/α,β-unsaturated/α-hetero) is 1. The fourth-order valence-corrected chi connectivity index (χ4v) is 4.47.